The maximum absolute atomic E-state index is 12.8. The van der Waals surface area contributed by atoms with Crippen molar-refractivity contribution in [3.8, 4) is 0 Å². The number of urea groups is 1. The molecule has 1 aliphatic carbocycles. The monoisotopic (exact) mass is 331 g/mol. The summed E-state index contributed by atoms with van der Waals surface area (Å²) in [4.78, 5) is 13.5. The molecule has 0 spiro atoms. The Bertz CT molecular complexity index is 584. The minimum absolute atomic E-state index is 0.0583. The summed E-state index contributed by atoms with van der Waals surface area (Å²) in [6, 6.07) is 2.52. The van der Waals surface area contributed by atoms with Gasteiger partial charge in [0.05, 0.1) is 22.5 Å². The second kappa shape index (κ2) is 6.27. The lowest BCUT2D eigenvalue weighted by Gasteiger charge is -2.36. The Morgan fingerprint density at radius 2 is 2.00 bits per heavy atom. The van der Waals surface area contributed by atoms with Crippen molar-refractivity contribution in [2.75, 3.05) is 30.9 Å². The lowest BCUT2D eigenvalue weighted by molar-refractivity contribution is -0.137. The van der Waals surface area contributed by atoms with Gasteiger partial charge in [0.25, 0.3) is 0 Å². The first-order valence-electron chi connectivity index (χ1n) is 7.26. The summed E-state index contributed by atoms with van der Waals surface area (Å²) in [5.41, 5.74) is -1.22. The summed E-state index contributed by atoms with van der Waals surface area (Å²) < 4.78 is 38.5. The third-order valence-corrected chi connectivity index (χ3v) is 3.92. The van der Waals surface area contributed by atoms with Crippen LogP contribution in [0.4, 0.5) is 29.3 Å². The molecule has 0 aromatic heterocycles. The summed E-state index contributed by atoms with van der Waals surface area (Å²) in [6.07, 6.45) is -2.36. The number of aliphatic hydroxyl groups is 1. The van der Waals surface area contributed by atoms with Crippen LogP contribution in [0.1, 0.15) is 24.8 Å². The van der Waals surface area contributed by atoms with Gasteiger partial charge in [0.15, 0.2) is 0 Å². The van der Waals surface area contributed by atoms with Gasteiger partial charge in [0.2, 0.25) is 0 Å². The van der Waals surface area contributed by atoms with Crippen molar-refractivity contribution in [1.82, 2.24) is 5.32 Å². The Labute approximate surface area is 132 Å². The Morgan fingerprint density at radius 1 is 1.35 bits per heavy atom. The number of rotatable bonds is 4. The van der Waals surface area contributed by atoms with E-state index in [9.17, 15) is 23.1 Å². The molecule has 128 valence electrons. The second-order valence-electron chi connectivity index (χ2n) is 6.01. The summed E-state index contributed by atoms with van der Waals surface area (Å²) in [5.74, 6) is 0. The zero-order valence-electron chi connectivity index (χ0n) is 13.0. The fourth-order valence-electron chi connectivity index (χ4n) is 2.38. The second-order valence-corrected chi connectivity index (χ2v) is 6.01. The van der Waals surface area contributed by atoms with Gasteiger partial charge in [0.1, 0.15) is 0 Å². The van der Waals surface area contributed by atoms with Crippen LogP contribution in [-0.4, -0.2) is 37.4 Å². The van der Waals surface area contributed by atoms with Crippen molar-refractivity contribution < 1.29 is 23.1 Å². The van der Waals surface area contributed by atoms with E-state index in [-0.39, 0.29) is 12.2 Å². The number of hydrogen-bond donors (Lipinski definition) is 3. The summed E-state index contributed by atoms with van der Waals surface area (Å²) in [7, 11) is 3.34. The number of nitrogens with zero attached hydrogens (tertiary/aromatic N) is 1. The number of amides is 2. The number of nitrogens with one attached hydrogen (secondary N) is 2. The topological polar surface area (TPSA) is 64.6 Å². The minimum Gasteiger partial charge on any atom is -0.388 e. The van der Waals surface area contributed by atoms with Crippen LogP contribution < -0.4 is 15.5 Å². The van der Waals surface area contributed by atoms with Crippen molar-refractivity contribution in [3.05, 3.63) is 23.8 Å². The van der Waals surface area contributed by atoms with Crippen molar-refractivity contribution in [2.24, 2.45) is 0 Å². The Hall–Kier alpha value is -1.96. The molecule has 3 N–H and O–H groups in total. The van der Waals surface area contributed by atoms with E-state index in [2.05, 4.69) is 10.6 Å². The number of carbonyl (C=O) groups is 1. The highest BCUT2D eigenvalue weighted by Gasteiger charge is 2.35. The van der Waals surface area contributed by atoms with Gasteiger partial charge in [-0.2, -0.15) is 13.2 Å². The molecule has 0 radical (unpaired) electrons. The average Bonchev–Trinajstić information content (AvgIpc) is 2.41. The zero-order chi connectivity index (χ0) is 17.3. The third-order valence-electron chi connectivity index (χ3n) is 3.92. The van der Waals surface area contributed by atoms with E-state index in [4.69, 9.17) is 0 Å². The molecule has 1 saturated carbocycles. The Morgan fingerprint density at radius 3 is 2.48 bits per heavy atom. The molecule has 5 nitrogen and oxygen atoms in total. The molecule has 2 amide bonds. The van der Waals surface area contributed by atoms with Crippen LogP contribution in [0.2, 0.25) is 0 Å². The van der Waals surface area contributed by atoms with Gasteiger partial charge in [-0.05, 0) is 37.5 Å². The molecular formula is C15H20F3N3O2. The lowest BCUT2D eigenvalue weighted by Crippen LogP contribution is -2.48. The molecule has 0 heterocycles. The average molecular weight is 331 g/mol. The highest BCUT2D eigenvalue weighted by atomic mass is 19.4. The van der Waals surface area contributed by atoms with E-state index < -0.39 is 23.4 Å². The molecule has 2 rings (SSSR count). The first-order valence-corrected chi connectivity index (χ1v) is 7.26. The highest BCUT2D eigenvalue weighted by molar-refractivity contribution is 5.93. The van der Waals surface area contributed by atoms with Crippen LogP contribution >= 0.6 is 0 Å². The fraction of sp³-hybridized carbons (Fsp3) is 0.533. The van der Waals surface area contributed by atoms with Crippen molar-refractivity contribution in [1.29, 1.82) is 0 Å². The molecule has 1 aromatic carbocycles. The predicted octanol–water partition coefficient (Wildman–Crippen LogP) is 2.81. The van der Waals surface area contributed by atoms with Crippen molar-refractivity contribution in [2.45, 2.75) is 31.0 Å². The number of halogens is 3. The van der Waals surface area contributed by atoms with Crippen LogP contribution in [0.25, 0.3) is 0 Å². The summed E-state index contributed by atoms with van der Waals surface area (Å²) in [5, 5.41) is 14.8. The maximum Gasteiger partial charge on any atom is 0.416 e. The van der Waals surface area contributed by atoms with Gasteiger partial charge < -0.3 is 20.6 Å². The van der Waals surface area contributed by atoms with Crippen molar-refractivity contribution >= 4 is 17.4 Å². The van der Waals surface area contributed by atoms with E-state index in [0.717, 1.165) is 18.6 Å². The molecule has 23 heavy (non-hydrogen) atoms. The van der Waals surface area contributed by atoms with E-state index in [1.807, 2.05) is 0 Å². The molecule has 0 atom stereocenters. The van der Waals surface area contributed by atoms with Crippen LogP contribution in [0.15, 0.2) is 18.2 Å². The molecule has 0 bridgehead atoms. The molecular weight excluding hydrogens is 311 g/mol. The Balaban J connectivity index is 2.11. The van der Waals surface area contributed by atoms with Crippen LogP contribution in [0.3, 0.4) is 0 Å². The first kappa shape index (κ1) is 17.4. The molecule has 1 aliphatic rings. The van der Waals surface area contributed by atoms with Gasteiger partial charge in [-0.15, -0.1) is 0 Å². The largest absolute Gasteiger partial charge is 0.416 e. The van der Waals surface area contributed by atoms with Gasteiger partial charge in [-0.25, -0.2) is 4.79 Å². The number of carbonyl (C=O) groups excluding carboxylic acids is 1. The SMILES string of the molecule is CN(C)c1ccc(C(F)(F)F)cc1NC(=O)NCC1(O)CCC1. The fourth-order valence-corrected chi connectivity index (χ4v) is 2.38. The van der Waals surface area contributed by atoms with Gasteiger partial charge in [-0.3, -0.25) is 0 Å². The van der Waals surface area contributed by atoms with E-state index in [1.54, 1.807) is 19.0 Å². The van der Waals surface area contributed by atoms with Crippen LogP contribution in [0.5, 0.6) is 0 Å². The van der Waals surface area contributed by atoms with Gasteiger partial charge in [0, 0.05) is 20.6 Å². The number of hydrogen-bond acceptors (Lipinski definition) is 3. The predicted molar refractivity (Wildman–Crippen MR) is 81.6 cm³/mol. The number of benzene rings is 1. The van der Waals surface area contributed by atoms with Crippen LogP contribution in [0, 0.1) is 0 Å². The summed E-state index contributed by atoms with van der Waals surface area (Å²) in [6.45, 7) is 0.0785. The molecule has 1 aromatic rings. The zero-order valence-corrected chi connectivity index (χ0v) is 13.0. The molecule has 0 aliphatic heterocycles. The minimum atomic E-state index is -4.49. The number of anilines is 2. The number of alkyl halides is 3. The van der Waals surface area contributed by atoms with Gasteiger partial charge >= 0.3 is 12.2 Å². The van der Waals surface area contributed by atoms with Gasteiger partial charge in [-0.1, -0.05) is 0 Å². The normalized spacial score (nSPS) is 16.4. The molecule has 0 saturated heterocycles. The van der Waals surface area contributed by atoms with Crippen molar-refractivity contribution in [3.63, 3.8) is 0 Å². The highest BCUT2D eigenvalue weighted by Crippen LogP contribution is 2.35. The first-order chi connectivity index (χ1) is 10.6. The lowest BCUT2D eigenvalue weighted by atomic mass is 9.80. The smallest absolute Gasteiger partial charge is 0.388 e. The Kier molecular flexibility index (Phi) is 4.74. The quantitative estimate of drug-likeness (QED) is 0.795. The summed E-state index contributed by atoms with van der Waals surface area (Å²) >= 11 is 0. The molecule has 1 fully saturated rings. The van der Waals surface area contributed by atoms with E-state index in [0.29, 0.717) is 18.5 Å². The van der Waals surface area contributed by atoms with E-state index >= 15 is 0 Å². The van der Waals surface area contributed by atoms with E-state index in [1.165, 1.54) is 6.07 Å². The third kappa shape index (κ3) is 4.28. The maximum atomic E-state index is 12.8. The molecule has 0 unspecified atom stereocenters. The standard InChI is InChI=1S/C15H20F3N3O2/c1-21(2)12-5-4-10(15(16,17)18)8-11(12)20-13(22)19-9-14(23)6-3-7-14/h4-5,8,23H,3,6-7,9H2,1-2H3,(H2,19,20,22). The van der Waals surface area contributed by atoms with Crippen LogP contribution in [-0.2, 0) is 6.18 Å². The molecule has 8 heteroatoms.